The summed E-state index contributed by atoms with van der Waals surface area (Å²) in [6, 6.07) is 5.57. The number of aliphatic hydroxyl groups is 1. The Labute approximate surface area is 118 Å². The molecule has 1 fully saturated rings. The number of Topliss-reactive ketones (excluding diaryl/α,β-unsaturated/α-hetero) is 1. The third kappa shape index (κ3) is 4.37. The van der Waals surface area contributed by atoms with Crippen LogP contribution in [0, 0.1) is 5.82 Å². The summed E-state index contributed by atoms with van der Waals surface area (Å²) >= 11 is 0. The van der Waals surface area contributed by atoms with Gasteiger partial charge in [0.15, 0.2) is 5.78 Å². The van der Waals surface area contributed by atoms with Gasteiger partial charge in [0, 0.05) is 25.1 Å². The van der Waals surface area contributed by atoms with E-state index in [0.29, 0.717) is 38.0 Å². The quantitative estimate of drug-likeness (QED) is 0.808. The number of benzene rings is 1. The molecule has 4 nitrogen and oxygen atoms in total. The van der Waals surface area contributed by atoms with Crippen LogP contribution >= 0.6 is 0 Å². The molecule has 0 aliphatic carbocycles. The van der Waals surface area contributed by atoms with E-state index in [1.807, 2.05) is 4.90 Å². The Hall–Kier alpha value is -1.30. The van der Waals surface area contributed by atoms with Crippen LogP contribution in [0.15, 0.2) is 24.3 Å². The highest BCUT2D eigenvalue weighted by atomic mass is 19.1. The van der Waals surface area contributed by atoms with Crippen LogP contribution in [0.2, 0.25) is 0 Å². The second-order valence-corrected chi connectivity index (χ2v) is 4.95. The maximum Gasteiger partial charge on any atom is 0.162 e. The predicted molar refractivity (Wildman–Crippen MR) is 73.0 cm³/mol. The van der Waals surface area contributed by atoms with Crippen molar-refractivity contribution in [2.75, 3.05) is 26.3 Å². The van der Waals surface area contributed by atoms with Crippen LogP contribution in [0.25, 0.3) is 0 Å². The van der Waals surface area contributed by atoms with E-state index in [0.717, 1.165) is 13.1 Å². The van der Waals surface area contributed by atoms with Gasteiger partial charge in [0.05, 0.1) is 13.2 Å². The van der Waals surface area contributed by atoms with E-state index < -0.39 is 6.23 Å². The summed E-state index contributed by atoms with van der Waals surface area (Å²) in [5.41, 5.74) is 0.521. The van der Waals surface area contributed by atoms with Gasteiger partial charge in [-0.3, -0.25) is 9.69 Å². The molecule has 0 radical (unpaired) electrons. The van der Waals surface area contributed by atoms with Gasteiger partial charge < -0.3 is 9.84 Å². The first-order valence-electron chi connectivity index (χ1n) is 6.95. The summed E-state index contributed by atoms with van der Waals surface area (Å²) in [5.74, 6) is -0.358. The summed E-state index contributed by atoms with van der Waals surface area (Å²) in [5, 5.41) is 10.0. The minimum Gasteiger partial charge on any atom is -0.379 e. The van der Waals surface area contributed by atoms with Gasteiger partial charge in [-0.25, -0.2) is 4.39 Å². The second kappa shape index (κ2) is 7.47. The second-order valence-electron chi connectivity index (χ2n) is 4.95. The van der Waals surface area contributed by atoms with Crippen molar-refractivity contribution in [1.29, 1.82) is 0 Å². The molecule has 0 aromatic heterocycles. The van der Waals surface area contributed by atoms with Crippen LogP contribution in [0.3, 0.4) is 0 Å². The zero-order valence-corrected chi connectivity index (χ0v) is 11.4. The largest absolute Gasteiger partial charge is 0.379 e. The SMILES string of the molecule is O=C(CCCC(O)N1CCOCC1)c1ccc(F)cc1. The molecule has 20 heavy (non-hydrogen) atoms. The average molecular weight is 281 g/mol. The van der Waals surface area contributed by atoms with Gasteiger partial charge in [-0.15, -0.1) is 0 Å². The van der Waals surface area contributed by atoms with Gasteiger partial charge in [0.1, 0.15) is 12.0 Å². The Kier molecular flexibility index (Phi) is 5.64. The molecule has 1 aromatic rings. The standard InChI is InChI=1S/C15H20FNO3/c16-13-6-4-12(5-7-13)14(18)2-1-3-15(19)17-8-10-20-11-9-17/h4-7,15,19H,1-3,8-11H2. The molecule has 1 unspecified atom stereocenters. The molecular formula is C15H20FNO3. The molecule has 110 valence electrons. The van der Waals surface area contributed by atoms with Crippen molar-refractivity contribution in [3.63, 3.8) is 0 Å². The summed E-state index contributed by atoms with van der Waals surface area (Å²) in [4.78, 5) is 13.8. The monoisotopic (exact) mass is 281 g/mol. The molecule has 0 amide bonds. The third-order valence-corrected chi connectivity index (χ3v) is 3.50. The van der Waals surface area contributed by atoms with Crippen molar-refractivity contribution < 1.29 is 19.0 Å². The van der Waals surface area contributed by atoms with Gasteiger partial charge in [0.2, 0.25) is 0 Å². The van der Waals surface area contributed by atoms with Gasteiger partial charge in [-0.1, -0.05) is 0 Å². The normalized spacial score (nSPS) is 17.9. The molecule has 1 N–H and O–H groups in total. The Morgan fingerprint density at radius 2 is 1.95 bits per heavy atom. The molecule has 1 aromatic carbocycles. The Balaban J connectivity index is 1.72. The van der Waals surface area contributed by atoms with Gasteiger partial charge in [-0.05, 0) is 37.1 Å². The Morgan fingerprint density at radius 1 is 1.30 bits per heavy atom. The van der Waals surface area contributed by atoms with E-state index in [1.54, 1.807) is 0 Å². The number of carbonyl (C=O) groups excluding carboxylic acids is 1. The van der Waals surface area contributed by atoms with Crippen LogP contribution < -0.4 is 0 Å². The number of aliphatic hydroxyl groups excluding tert-OH is 1. The van der Waals surface area contributed by atoms with Gasteiger partial charge in [0.25, 0.3) is 0 Å². The van der Waals surface area contributed by atoms with Crippen LogP contribution in [-0.4, -0.2) is 48.3 Å². The van der Waals surface area contributed by atoms with Gasteiger partial charge in [-0.2, -0.15) is 0 Å². The molecular weight excluding hydrogens is 261 g/mol. The number of halogens is 1. The number of hydrogen-bond acceptors (Lipinski definition) is 4. The maximum atomic E-state index is 12.8. The molecule has 1 saturated heterocycles. The minimum absolute atomic E-state index is 0.0147. The first-order chi connectivity index (χ1) is 9.66. The highest BCUT2D eigenvalue weighted by Gasteiger charge is 2.18. The molecule has 1 atom stereocenters. The molecule has 0 bridgehead atoms. The van der Waals surface area contributed by atoms with E-state index in [9.17, 15) is 14.3 Å². The summed E-state index contributed by atoms with van der Waals surface area (Å²) in [6.45, 7) is 2.75. The molecule has 5 heteroatoms. The minimum atomic E-state index is -0.514. The number of rotatable bonds is 6. The molecule has 1 heterocycles. The maximum absolute atomic E-state index is 12.8. The van der Waals surface area contributed by atoms with Crippen molar-refractivity contribution >= 4 is 5.78 Å². The van der Waals surface area contributed by atoms with E-state index >= 15 is 0 Å². The average Bonchev–Trinajstić information content (AvgIpc) is 2.48. The lowest BCUT2D eigenvalue weighted by molar-refractivity contribution is -0.0621. The lowest BCUT2D eigenvalue weighted by Crippen LogP contribution is -2.43. The summed E-state index contributed by atoms with van der Waals surface area (Å²) in [7, 11) is 0. The van der Waals surface area contributed by atoms with Crippen molar-refractivity contribution in [2.45, 2.75) is 25.5 Å². The first kappa shape index (κ1) is 15.1. The third-order valence-electron chi connectivity index (χ3n) is 3.50. The van der Waals surface area contributed by atoms with Crippen LogP contribution in [-0.2, 0) is 4.74 Å². The van der Waals surface area contributed by atoms with E-state index in [4.69, 9.17) is 4.74 Å². The Bertz CT molecular complexity index is 429. The Morgan fingerprint density at radius 3 is 2.60 bits per heavy atom. The number of nitrogens with zero attached hydrogens (tertiary/aromatic N) is 1. The summed E-state index contributed by atoms with van der Waals surface area (Å²) < 4.78 is 18.0. The highest BCUT2D eigenvalue weighted by Crippen LogP contribution is 2.12. The topological polar surface area (TPSA) is 49.8 Å². The fraction of sp³-hybridized carbons (Fsp3) is 0.533. The van der Waals surface area contributed by atoms with Crippen molar-refractivity contribution in [1.82, 2.24) is 4.90 Å². The number of morpholine rings is 1. The smallest absolute Gasteiger partial charge is 0.162 e. The zero-order chi connectivity index (χ0) is 14.4. The molecule has 0 saturated carbocycles. The van der Waals surface area contributed by atoms with Gasteiger partial charge >= 0.3 is 0 Å². The molecule has 1 aliphatic heterocycles. The number of carbonyl (C=O) groups is 1. The van der Waals surface area contributed by atoms with Crippen molar-refractivity contribution in [2.24, 2.45) is 0 Å². The molecule has 1 aliphatic rings. The zero-order valence-electron chi connectivity index (χ0n) is 11.4. The molecule has 2 rings (SSSR count). The van der Waals surface area contributed by atoms with E-state index in [1.165, 1.54) is 24.3 Å². The molecule has 0 spiro atoms. The first-order valence-corrected chi connectivity index (χ1v) is 6.95. The van der Waals surface area contributed by atoms with Crippen molar-refractivity contribution in [3.05, 3.63) is 35.6 Å². The fourth-order valence-corrected chi connectivity index (χ4v) is 2.28. The highest BCUT2D eigenvalue weighted by molar-refractivity contribution is 5.95. The van der Waals surface area contributed by atoms with E-state index in [2.05, 4.69) is 0 Å². The number of ketones is 1. The van der Waals surface area contributed by atoms with Crippen LogP contribution in [0.1, 0.15) is 29.6 Å². The van der Waals surface area contributed by atoms with E-state index in [-0.39, 0.29) is 11.6 Å². The van der Waals surface area contributed by atoms with Crippen molar-refractivity contribution in [3.8, 4) is 0 Å². The number of hydrogen-bond donors (Lipinski definition) is 1. The fourth-order valence-electron chi connectivity index (χ4n) is 2.28. The summed E-state index contributed by atoms with van der Waals surface area (Å²) in [6.07, 6.45) is 1.04. The lowest BCUT2D eigenvalue weighted by atomic mass is 10.0. The lowest BCUT2D eigenvalue weighted by Gasteiger charge is -2.31. The number of ether oxygens (including phenoxy) is 1. The van der Waals surface area contributed by atoms with Crippen LogP contribution in [0.4, 0.5) is 4.39 Å². The van der Waals surface area contributed by atoms with Crippen LogP contribution in [0.5, 0.6) is 0 Å². The predicted octanol–water partition coefficient (Wildman–Crippen LogP) is 1.83.